The van der Waals surface area contributed by atoms with Crippen LogP contribution in [0.4, 0.5) is 5.13 Å². The van der Waals surface area contributed by atoms with Gasteiger partial charge in [-0.25, -0.2) is 0 Å². The molecule has 40 heavy (non-hydrogen) atoms. The molecule has 1 aromatic heterocycles. The number of ketones is 1. The van der Waals surface area contributed by atoms with Gasteiger partial charge >= 0.3 is 5.91 Å². The Morgan fingerprint density at radius 3 is 2.67 bits per heavy atom. The van der Waals surface area contributed by atoms with Crippen molar-refractivity contribution in [2.24, 2.45) is 0 Å². The zero-order chi connectivity index (χ0) is 28.0. The summed E-state index contributed by atoms with van der Waals surface area (Å²) in [5.74, 6) is -0.529. The molecule has 2 aliphatic heterocycles. The van der Waals surface area contributed by atoms with Gasteiger partial charge in [0.1, 0.15) is 17.6 Å². The first-order chi connectivity index (χ1) is 19.3. The molecule has 0 radical (unpaired) electrons. The number of aliphatic hydroxyl groups is 1. The summed E-state index contributed by atoms with van der Waals surface area (Å²) in [5, 5.41) is 21.3. The Hall–Kier alpha value is -3.37. The molecule has 11 heteroatoms. The van der Waals surface area contributed by atoms with Crippen LogP contribution in [0.15, 0.2) is 76.6 Å². The summed E-state index contributed by atoms with van der Waals surface area (Å²) in [5.41, 5.74) is 2.93. The number of thioether (sulfide) groups is 1. The molecule has 0 saturated carbocycles. The molecular formula is C29H21Cl2N3O4S2. The summed E-state index contributed by atoms with van der Waals surface area (Å²) >= 11 is 14.9. The first-order valence-electron chi connectivity index (χ1n) is 12.4. The number of carbonyl (C=O) groups is 2. The van der Waals surface area contributed by atoms with E-state index in [1.807, 2.05) is 49.4 Å². The average Bonchev–Trinajstić information content (AvgIpc) is 3.63. The van der Waals surface area contributed by atoms with Crippen LogP contribution in [0.25, 0.3) is 5.76 Å². The first-order valence-corrected chi connectivity index (χ1v) is 14.9. The Morgan fingerprint density at radius 1 is 1.10 bits per heavy atom. The van der Waals surface area contributed by atoms with Gasteiger partial charge in [-0.05, 0) is 53.9 Å². The number of aliphatic hydroxyl groups excluding tert-OH is 1. The maximum absolute atomic E-state index is 13.4. The highest BCUT2D eigenvalue weighted by atomic mass is 35.5. The zero-order valence-electron chi connectivity index (χ0n) is 21.0. The van der Waals surface area contributed by atoms with Crippen molar-refractivity contribution in [2.45, 2.75) is 35.6 Å². The SMILES string of the molecule is CC1Cc2cc(/C(O)=C3\C(=O)C(=O)N(c4nnc(SCc5ccc(Cl)cc5Cl)s4)C3c3ccccc3)ccc2O1. The molecule has 1 amide bonds. The largest absolute Gasteiger partial charge is 0.507 e. The number of Topliss-reactive ketones (excluding diaryl/α,β-unsaturated/α-hetero) is 1. The van der Waals surface area contributed by atoms with Crippen LogP contribution in [-0.2, 0) is 21.8 Å². The van der Waals surface area contributed by atoms with E-state index < -0.39 is 17.7 Å². The smallest absolute Gasteiger partial charge is 0.301 e. The van der Waals surface area contributed by atoms with E-state index in [0.717, 1.165) is 16.9 Å². The number of ether oxygens (including phenoxy) is 1. The van der Waals surface area contributed by atoms with Gasteiger partial charge in [0.2, 0.25) is 5.13 Å². The second-order valence-electron chi connectivity index (χ2n) is 9.41. The van der Waals surface area contributed by atoms with Gasteiger partial charge in [0.25, 0.3) is 5.78 Å². The summed E-state index contributed by atoms with van der Waals surface area (Å²) in [6, 6.07) is 18.8. The molecule has 202 valence electrons. The maximum Gasteiger partial charge on any atom is 0.301 e. The number of carbonyl (C=O) groups excluding carboxylic acids is 2. The van der Waals surface area contributed by atoms with Crippen LogP contribution in [0.2, 0.25) is 10.0 Å². The third kappa shape index (κ3) is 4.99. The van der Waals surface area contributed by atoms with Gasteiger partial charge in [0.15, 0.2) is 4.34 Å². The van der Waals surface area contributed by atoms with E-state index in [-0.39, 0.29) is 22.6 Å². The molecule has 0 spiro atoms. The minimum absolute atomic E-state index is 0.000429. The van der Waals surface area contributed by atoms with Crippen molar-refractivity contribution in [1.29, 1.82) is 0 Å². The standard InChI is InChI=1S/C29H21Cl2N3O4S2/c1-15-11-19-12-17(8-10-22(19)38-15)25(35)23-24(16-5-3-2-4-6-16)34(27(37)26(23)36)28-32-33-29(40-28)39-14-18-7-9-20(30)13-21(18)31/h2-10,12-13,15,24,35H,11,14H2,1H3/b25-23+. The number of anilines is 1. The molecule has 7 nitrogen and oxygen atoms in total. The van der Waals surface area contributed by atoms with Crippen LogP contribution >= 0.6 is 46.3 Å². The Balaban J connectivity index is 1.36. The number of nitrogens with zero attached hydrogens (tertiary/aromatic N) is 3. The first kappa shape index (κ1) is 26.8. The molecular weight excluding hydrogens is 589 g/mol. The molecule has 1 fully saturated rings. The van der Waals surface area contributed by atoms with Crippen molar-refractivity contribution in [3.63, 3.8) is 0 Å². The Labute approximate surface area is 248 Å². The molecule has 4 aromatic rings. The van der Waals surface area contributed by atoms with Crippen molar-refractivity contribution in [2.75, 3.05) is 4.90 Å². The van der Waals surface area contributed by atoms with E-state index in [0.29, 0.717) is 37.7 Å². The highest BCUT2D eigenvalue weighted by Crippen LogP contribution is 2.44. The molecule has 2 unspecified atom stereocenters. The summed E-state index contributed by atoms with van der Waals surface area (Å²) in [6.45, 7) is 1.97. The summed E-state index contributed by atoms with van der Waals surface area (Å²) < 4.78 is 6.38. The van der Waals surface area contributed by atoms with E-state index >= 15 is 0 Å². The van der Waals surface area contributed by atoms with E-state index in [1.54, 1.807) is 24.3 Å². The van der Waals surface area contributed by atoms with Crippen LogP contribution in [-0.4, -0.2) is 33.1 Å². The van der Waals surface area contributed by atoms with Crippen molar-refractivity contribution < 1.29 is 19.4 Å². The fraction of sp³-hybridized carbons (Fsp3) is 0.172. The molecule has 0 bridgehead atoms. The van der Waals surface area contributed by atoms with Crippen molar-refractivity contribution >= 4 is 68.9 Å². The van der Waals surface area contributed by atoms with Crippen molar-refractivity contribution in [1.82, 2.24) is 10.2 Å². The van der Waals surface area contributed by atoms with Gasteiger partial charge in [-0.3, -0.25) is 14.5 Å². The quantitative estimate of drug-likeness (QED) is 0.0820. The number of hydrogen-bond acceptors (Lipinski definition) is 8. The fourth-order valence-corrected chi connectivity index (χ4v) is 7.27. The molecule has 1 saturated heterocycles. The third-order valence-electron chi connectivity index (χ3n) is 6.70. The monoisotopic (exact) mass is 609 g/mol. The van der Waals surface area contributed by atoms with Gasteiger partial charge in [-0.1, -0.05) is 82.7 Å². The Bertz CT molecular complexity index is 1680. The van der Waals surface area contributed by atoms with E-state index in [9.17, 15) is 14.7 Å². The number of aromatic nitrogens is 2. The lowest BCUT2D eigenvalue weighted by atomic mass is 9.94. The number of hydrogen-bond donors (Lipinski definition) is 1. The van der Waals surface area contributed by atoms with Crippen LogP contribution in [0.1, 0.15) is 35.2 Å². The van der Waals surface area contributed by atoms with Crippen LogP contribution in [0.5, 0.6) is 5.75 Å². The number of benzene rings is 3. The van der Waals surface area contributed by atoms with E-state index in [4.69, 9.17) is 27.9 Å². The third-order valence-corrected chi connectivity index (χ3v) is 9.39. The molecule has 3 heterocycles. The van der Waals surface area contributed by atoms with Crippen LogP contribution in [0.3, 0.4) is 0 Å². The summed E-state index contributed by atoms with van der Waals surface area (Å²) in [7, 11) is 0. The molecule has 0 aliphatic carbocycles. The van der Waals surface area contributed by atoms with Gasteiger partial charge in [-0.15, -0.1) is 10.2 Å². The molecule has 6 rings (SSSR count). The van der Waals surface area contributed by atoms with Gasteiger partial charge < -0.3 is 9.84 Å². The Morgan fingerprint density at radius 2 is 1.90 bits per heavy atom. The number of halogens is 2. The predicted molar refractivity (Wildman–Crippen MR) is 157 cm³/mol. The summed E-state index contributed by atoms with van der Waals surface area (Å²) in [6.07, 6.45) is 0.724. The molecule has 2 aliphatic rings. The maximum atomic E-state index is 13.4. The second-order valence-corrected chi connectivity index (χ2v) is 12.4. The fourth-order valence-electron chi connectivity index (χ4n) is 4.84. The minimum Gasteiger partial charge on any atom is -0.507 e. The lowest BCUT2D eigenvalue weighted by Gasteiger charge is -2.22. The average molecular weight is 611 g/mol. The number of rotatable bonds is 6. The normalized spacial score (nSPS) is 19.6. The second kappa shape index (κ2) is 10.9. The highest BCUT2D eigenvalue weighted by Gasteiger charge is 2.48. The van der Waals surface area contributed by atoms with Gasteiger partial charge in [0, 0.05) is 27.8 Å². The topological polar surface area (TPSA) is 92.6 Å². The molecule has 3 aromatic carbocycles. The Kier molecular flexibility index (Phi) is 7.31. The highest BCUT2D eigenvalue weighted by molar-refractivity contribution is 8.00. The van der Waals surface area contributed by atoms with E-state index in [2.05, 4.69) is 10.2 Å². The minimum atomic E-state index is -0.874. The van der Waals surface area contributed by atoms with E-state index in [1.165, 1.54) is 28.0 Å². The van der Waals surface area contributed by atoms with Crippen LogP contribution < -0.4 is 9.64 Å². The van der Waals surface area contributed by atoms with Crippen molar-refractivity contribution in [3.8, 4) is 5.75 Å². The molecule has 1 N–H and O–H groups in total. The zero-order valence-corrected chi connectivity index (χ0v) is 24.2. The van der Waals surface area contributed by atoms with Gasteiger partial charge in [-0.2, -0.15) is 0 Å². The number of amides is 1. The van der Waals surface area contributed by atoms with Crippen LogP contribution in [0, 0.1) is 0 Å². The van der Waals surface area contributed by atoms with Crippen molar-refractivity contribution in [3.05, 3.63) is 105 Å². The lowest BCUT2D eigenvalue weighted by molar-refractivity contribution is -0.132. The molecule has 2 atom stereocenters. The predicted octanol–water partition coefficient (Wildman–Crippen LogP) is 7.09. The number of fused-ring (bicyclic) bond motifs is 1. The lowest BCUT2D eigenvalue weighted by Crippen LogP contribution is -2.29. The summed E-state index contributed by atoms with van der Waals surface area (Å²) in [4.78, 5) is 28.2. The van der Waals surface area contributed by atoms with Gasteiger partial charge in [0.05, 0.1) is 11.6 Å².